The van der Waals surface area contributed by atoms with E-state index in [4.69, 9.17) is 5.11 Å². The third-order valence-electron chi connectivity index (χ3n) is 2.62. The lowest BCUT2D eigenvalue weighted by Crippen LogP contribution is -2.36. The number of carboxylic acid groups (broad SMARTS) is 1. The minimum atomic E-state index is -1.04. The fourth-order valence-corrected chi connectivity index (χ4v) is 1.83. The molecule has 0 spiro atoms. The minimum absolute atomic E-state index is 0.315. The smallest absolute Gasteiger partial charge is 0.323 e. The quantitative estimate of drug-likeness (QED) is 0.855. The van der Waals surface area contributed by atoms with Crippen molar-refractivity contribution in [3.05, 3.63) is 30.2 Å². The van der Waals surface area contributed by atoms with E-state index < -0.39 is 5.97 Å². The van der Waals surface area contributed by atoms with Crippen molar-refractivity contribution in [1.29, 1.82) is 0 Å². The van der Waals surface area contributed by atoms with E-state index in [0.29, 0.717) is 24.2 Å². The molecule has 0 aromatic carbocycles. The van der Waals surface area contributed by atoms with Gasteiger partial charge in [0, 0.05) is 18.9 Å². The van der Waals surface area contributed by atoms with Gasteiger partial charge < -0.3 is 10.0 Å². The Morgan fingerprint density at radius 3 is 2.95 bits per heavy atom. The number of hydrogen-bond acceptors (Lipinski definition) is 4. The van der Waals surface area contributed by atoms with Crippen molar-refractivity contribution < 1.29 is 14.7 Å². The zero-order chi connectivity index (χ0) is 13.8. The molecule has 0 saturated carbocycles. The van der Waals surface area contributed by atoms with Crippen molar-refractivity contribution >= 4 is 17.5 Å². The molecule has 7 heteroatoms. The molecule has 0 radical (unpaired) electrons. The first-order valence-corrected chi connectivity index (χ1v) is 5.93. The molecule has 1 N–H and O–H groups in total. The number of amides is 1. The van der Waals surface area contributed by atoms with Crippen LogP contribution in [-0.4, -0.2) is 49.6 Å². The van der Waals surface area contributed by atoms with E-state index in [1.54, 1.807) is 18.5 Å². The van der Waals surface area contributed by atoms with E-state index in [1.807, 2.05) is 6.92 Å². The van der Waals surface area contributed by atoms with Gasteiger partial charge in [-0.3, -0.25) is 9.59 Å². The number of fused-ring (bicyclic) bond motifs is 1. The molecule has 0 saturated heterocycles. The van der Waals surface area contributed by atoms with Crippen molar-refractivity contribution in [2.75, 3.05) is 13.1 Å². The Morgan fingerprint density at radius 1 is 1.47 bits per heavy atom. The van der Waals surface area contributed by atoms with E-state index in [9.17, 15) is 9.59 Å². The SMILES string of the molecule is CCCN(CC(=O)O)C(=O)c1cnn2cccnc12. The van der Waals surface area contributed by atoms with Crippen LogP contribution in [0.3, 0.4) is 0 Å². The van der Waals surface area contributed by atoms with Crippen molar-refractivity contribution in [3.8, 4) is 0 Å². The van der Waals surface area contributed by atoms with Gasteiger partial charge in [0.15, 0.2) is 5.65 Å². The number of rotatable bonds is 5. The summed E-state index contributed by atoms with van der Waals surface area (Å²) in [5.41, 5.74) is 0.745. The lowest BCUT2D eigenvalue weighted by molar-refractivity contribution is -0.137. The minimum Gasteiger partial charge on any atom is -0.480 e. The summed E-state index contributed by atoms with van der Waals surface area (Å²) in [5.74, 6) is -1.40. The topological polar surface area (TPSA) is 87.8 Å². The van der Waals surface area contributed by atoms with E-state index in [1.165, 1.54) is 15.6 Å². The molecule has 0 unspecified atom stereocenters. The average Bonchev–Trinajstić information content (AvgIpc) is 2.80. The number of carbonyl (C=O) groups is 2. The predicted octanol–water partition coefficient (Wildman–Crippen LogP) is 0.666. The highest BCUT2D eigenvalue weighted by Gasteiger charge is 2.21. The number of carbonyl (C=O) groups excluding carboxylic acids is 1. The molecule has 0 aliphatic heterocycles. The second kappa shape index (κ2) is 5.47. The first-order chi connectivity index (χ1) is 9.13. The summed E-state index contributed by atoms with van der Waals surface area (Å²) in [6.45, 7) is 1.95. The number of aromatic nitrogens is 3. The highest BCUT2D eigenvalue weighted by Crippen LogP contribution is 2.10. The van der Waals surface area contributed by atoms with Crippen LogP contribution in [-0.2, 0) is 4.79 Å². The van der Waals surface area contributed by atoms with Crippen LogP contribution in [0.5, 0.6) is 0 Å². The Balaban J connectivity index is 2.33. The van der Waals surface area contributed by atoms with Crippen LogP contribution in [0.25, 0.3) is 5.65 Å². The van der Waals surface area contributed by atoms with E-state index in [0.717, 1.165) is 0 Å². The lowest BCUT2D eigenvalue weighted by Gasteiger charge is -2.18. The van der Waals surface area contributed by atoms with Gasteiger partial charge in [-0.2, -0.15) is 5.10 Å². The second-order valence-corrected chi connectivity index (χ2v) is 4.07. The fraction of sp³-hybridized carbons (Fsp3) is 0.333. The van der Waals surface area contributed by atoms with Crippen molar-refractivity contribution in [2.45, 2.75) is 13.3 Å². The van der Waals surface area contributed by atoms with Gasteiger partial charge in [0.25, 0.3) is 5.91 Å². The number of nitrogens with zero attached hydrogens (tertiary/aromatic N) is 4. The highest BCUT2D eigenvalue weighted by atomic mass is 16.4. The Bertz CT molecular complexity index is 608. The summed E-state index contributed by atoms with van der Waals surface area (Å²) in [6, 6.07) is 1.70. The summed E-state index contributed by atoms with van der Waals surface area (Å²) in [5, 5.41) is 12.9. The summed E-state index contributed by atoms with van der Waals surface area (Å²) in [6.07, 6.45) is 5.34. The predicted molar refractivity (Wildman–Crippen MR) is 66.8 cm³/mol. The zero-order valence-electron chi connectivity index (χ0n) is 10.5. The summed E-state index contributed by atoms with van der Waals surface area (Å²) < 4.78 is 1.48. The third-order valence-corrected chi connectivity index (χ3v) is 2.62. The van der Waals surface area contributed by atoms with Gasteiger partial charge in [-0.05, 0) is 12.5 Å². The van der Waals surface area contributed by atoms with E-state index in [2.05, 4.69) is 10.1 Å². The first-order valence-electron chi connectivity index (χ1n) is 5.93. The van der Waals surface area contributed by atoms with Crippen LogP contribution >= 0.6 is 0 Å². The Morgan fingerprint density at radius 2 is 2.26 bits per heavy atom. The van der Waals surface area contributed by atoms with Crippen LogP contribution < -0.4 is 0 Å². The van der Waals surface area contributed by atoms with Crippen LogP contribution in [0.2, 0.25) is 0 Å². The Hall–Kier alpha value is -2.44. The summed E-state index contributed by atoms with van der Waals surface area (Å²) in [7, 11) is 0. The van der Waals surface area contributed by atoms with Crippen LogP contribution in [0.4, 0.5) is 0 Å². The zero-order valence-corrected chi connectivity index (χ0v) is 10.5. The molecule has 1 amide bonds. The molecule has 0 aliphatic carbocycles. The fourth-order valence-electron chi connectivity index (χ4n) is 1.83. The van der Waals surface area contributed by atoms with Gasteiger partial charge >= 0.3 is 5.97 Å². The molecule has 7 nitrogen and oxygen atoms in total. The molecule has 0 aliphatic rings. The Kier molecular flexibility index (Phi) is 3.74. The van der Waals surface area contributed by atoms with Crippen molar-refractivity contribution in [1.82, 2.24) is 19.5 Å². The van der Waals surface area contributed by atoms with Crippen molar-refractivity contribution in [3.63, 3.8) is 0 Å². The Labute approximate surface area is 109 Å². The van der Waals surface area contributed by atoms with Crippen LogP contribution in [0, 0.1) is 0 Å². The largest absolute Gasteiger partial charge is 0.480 e. The first kappa shape index (κ1) is 13.0. The normalized spacial score (nSPS) is 10.6. The van der Waals surface area contributed by atoms with Gasteiger partial charge in [0.05, 0.1) is 6.20 Å². The monoisotopic (exact) mass is 262 g/mol. The maximum absolute atomic E-state index is 12.3. The maximum atomic E-state index is 12.3. The van der Waals surface area contributed by atoms with E-state index in [-0.39, 0.29) is 12.5 Å². The van der Waals surface area contributed by atoms with Gasteiger partial charge in [0.1, 0.15) is 12.1 Å². The van der Waals surface area contributed by atoms with Gasteiger partial charge in [-0.15, -0.1) is 0 Å². The molecule has 2 aromatic heterocycles. The molecule has 2 rings (SSSR count). The van der Waals surface area contributed by atoms with Gasteiger partial charge in [-0.25, -0.2) is 9.50 Å². The average molecular weight is 262 g/mol. The summed E-state index contributed by atoms with van der Waals surface area (Å²) in [4.78, 5) is 28.5. The van der Waals surface area contributed by atoms with Gasteiger partial charge in [0.2, 0.25) is 0 Å². The third kappa shape index (κ3) is 2.70. The van der Waals surface area contributed by atoms with E-state index >= 15 is 0 Å². The highest BCUT2D eigenvalue weighted by molar-refractivity contribution is 6.00. The summed E-state index contributed by atoms with van der Waals surface area (Å²) >= 11 is 0. The number of hydrogen-bond donors (Lipinski definition) is 1. The van der Waals surface area contributed by atoms with Crippen molar-refractivity contribution in [2.24, 2.45) is 0 Å². The van der Waals surface area contributed by atoms with Crippen LogP contribution in [0.15, 0.2) is 24.7 Å². The molecule has 0 fully saturated rings. The molecule has 0 bridgehead atoms. The van der Waals surface area contributed by atoms with Crippen LogP contribution in [0.1, 0.15) is 23.7 Å². The molecule has 2 heterocycles. The standard InChI is InChI=1S/C12H14N4O3/c1-2-5-15(8-10(17)18)12(19)9-7-14-16-6-3-4-13-11(9)16/h3-4,6-7H,2,5,8H2,1H3,(H,17,18). The molecule has 100 valence electrons. The number of aliphatic carboxylic acids is 1. The number of carboxylic acids is 1. The molecular weight excluding hydrogens is 248 g/mol. The van der Waals surface area contributed by atoms with Gasteiger partial charge in [-0.1, -0.05) is 6.92 Å². The maximum Gasteiger partial charge on any atom is 0.323 e. The second-order valence-electron chi connectivity index (χ2n) is 4.07. The molecule has 19 heavy (non-hydrogen) atoms. The lowest BCUT2D eigenvalue weighted by atomic mass is 10.2. The molecular formula is C12H14N4O3. The molecule has 2 aromatic rings. The molecule has 0 atom stereocenters.